The molecule has 0 saturated carbocycles. The molecule has 9 aromatic carbocycles. The lowest BCUT2D eigenvalue weighted by molar-refractivity contribution is 0.590. The Hall–Kier alpha value is -7.58. The number of rotatable bonds is 6. The van der Waals surface area contributed by atoms with Crippen molar-refractivity contribution in [1.29, 1.82) is 0 Å². The predicted molar refractivity (Wildman–Crippen MR) is 346 cm³/mol. The summed E-state index contributed by atoms with van der Waals surface area (Å²) >= 11 is 3.74. The van der Waals surface area contributed by atoms with Crippen LogP contribution >= 0.6 is 22.7 Å². The SMILES string of the molecule is CC(C)(C)c1ccc(Nc2cc3sc4ccc(N(c5ccc(C(C)(C)C)cc5)c5ccc(C(C)(C)C)cc5)cc4c3cc2-c2ccc3c4cc5c(cc4n4c3c2[B]c2oc3ccc(C(C)(C)C)cc3c2-4)sc2ccccc25)cc1. The molecule has 1 N–H and O–H groups in total. The zero-order valence-corrected chi connectivity index (χ0v) is 49.0. The molecular formula is C72H65BN3OS2. The van der Waals surface area contributed by atoms with Crippen molar-refractivity contribution in [2.75, 3.05) is 10.2 Å². The van der Waals surface area contributed by atoms with Crippen LogP contribution in [0.15, 0.2) is 174 Å². The van der Waals surface area contributed by atoms with Crippen molar-refractivity contribution >= 4 is 143 Å². The lowest BCUT2D eigenvalue weighted by atomic mass is 9.62. The second kappa shape index (κ2) is 17.5. The third-order valence-electron chi connectivity index (χ3n) is 16.7. The van der Waals surface area contributed by atoms with E-state index in [-0.39, 0.29) is 21.7 Å². The molecule has 0 fully saturated rings. The number of benzene rings is 9. The first-order valence-corrected chi connectivity index (χ1v) is 29.5. The second-order valence-electron chi connectivity index (χ2n) is 26.2. The van der Waals surface area contributed by atoms with Gasteiger partial charge in [-0.15, -0.1) is 22.7 Å². The first-order valence-electron chi connectivity index (χ1n) is 27.9. The lowest BCUT2D eigenvalue weighted by Gasteiger charge is -2.28. The van der Waals surface area contributed by atoms with Crippen molar-refractivity contribution in [1.82, 2.24) is 4.57 Å². The topological polar surface area (TPSA) is 33.3 Å². The molecule has 0 spiro atoms. The summed E-state index contributed by atoms with van der Waals surface area (Å²) in [6, 6.07) is 64.6. The van der Waals surface area contributed by atoms with Crippen LogP contribution in [0, 0.1) is 0 Å². The van der Waals surface area contributed by atoms with E-state index >= 15 is 0 Å². The molecule has 13 aromatic rings. The number of anilines is 5. The number of aromatic nitrogens is 1. The highest BCUT2D eigenvalue weighted by Gasteiger charge is 2.32. The van der Waals surface area contributed by atoms with Gasteiger partial charge in [0.1, 0.15) is 5.58 Å². The van der Waals surface area contributed by atoms with E-state index in [0.717, 1.165) is 67.3 Å². The summed E-state index contributed by atoms with van der Waals surface area (Å²) < 4.78 is 14.7. The quantitative estimate of drug-likeness (QED) is 0.169. The minimum atomic E-state index is -0.0332. The van der Waals surface area contributed by atoms with Gasteiger partial charge in [0, 0.05) is 96.0 Å². The summed E-state index contributed by atoms with van der Waals surface area (Å²) in [4.78, 5) is 2.42. The van der Waals surface area contributed by atoms with Gasteiger partial charge in [0.25, 0.3) is 0 Å². The zero-order valence-electron chi connectivity index (χ0n) is 47.4. The number of hydrogen-bond acceptors (Lipinski definition) is 5. The number of hydrogen-bond donors (Lipinski definition) is 1. The van der Waals surface area contributed by atoms with Crippen LogP contribution in [0.2, 0.25) is 0 Å². The Balaban J connectivity index is 1.01. The van der Waals surface area contributed by atoms with Crippen LogP contribution in [0.5, 0.6) is 0 Å². The van der Waals surface area contributed by atoms with Crippen LogP contribution in [-0.2, 0) is 21.7 Å². The largest absolute Gasteiger partial charge is 0.469 e. The fraction of sp³-hybridized carbons (Fsp3) is 0.222. The Bertz CT molecular complexity index is 4560. The maximum absolute atomic E-state index is 7.03. The van der Waals surface area contributed by atoms with Gasteiger partial charge in [-0.05, 0) is 152 Å². The minimum Gasteiger partial charge on any atom is -0.469 e. The van der Waals surface area contributed by atoms with Crippen LogP contribution in [0.25, 0.3) is 89.9 Å². The smallest absolute Gasteiger partial charge is 0.247 e. The van der Waals surface area contributed by atoms with Crippen molar-refractivity contribution in [3.8, 4) is 16.8 Å². The summed E-state index contributed by atoms with van der Waals surface area (Å²) in [6.07, 6.45) is 0. The molecule has 0 bridgehead atoms. The van der Waals surface area contributed by atoms with Crippen LogP contribution in [0.1, 0.15) is 105 Å². The van der Waals surface area contributed by atoms with Gasteiger partial charge in [-0.1, -0.05) is 156 Å². The van der Waals surface area contributed by atoms with Gasteiger partial charge in [-0.25, -0.2) is 0 Å². The van der Waals surface area contributed by atoms with E-state index in [1.54, 1.807) is 0 Å². The Labute approximate surface area is 472 Å². The van der Waals surface area contributed by atoms with Crippen molar-refractivity contribution in [2.45, 2.75) is 105 Å². The van der Waals surface area contributed by atoms with E-state index in [4.69, 9.17) is 4.42 Å². The highest BCUT2D eigenvalue weighted by atomic mass is 32.1. The average molecular weight is 1060 g/mol. The highest BCUT2D eigenvalue weighted by molar-refractivity contribution is 7.26. The molecule has 0 amide bonds. The minimum absolute atomic E-state index is 0.0332. The van der Waals surface area contributed by atoms with E-state index in [2.05, 4.69) is 275 Å². The fourth-order valence-corrected chi connectivity index (χ4v) is 14.4. The molecule has 1 aliphatic rings. The maximum atomic E-state index is 7.03. The van der Waals surface area contributed by atoms with Crippen LogP contribution in [-0.4, -0.2) is 11.8 Å². The van der Waals surface area contributed by atoms with E-state index in [1.165, 1.54) is 84.4 Å². The van der Waals surface area contributed by atoms with Crippen molar-refractivity contribution < 1.29 is 4.42 Å². The van der Waals surface area contributed by atoms with Crippen LogP contribution in [0.3, 0.4) is 0 Å². The van der Waals surface area contributed by atoms with Crippen LogP contribution in [0.4, 0.5) is 28.4 Å². The number of nitrogens with one attached hydrogen (secondary N) is 1. The van der Waals surface area contributed by atoms with Gasteiger partial charge in [0.05, 0.1) is 16.9 Å². The standard InChI is InChI=1S/C72H65BN3OS2/c1-69(2,3)41-17-24-45(25-18-41)74-58-39-63-56(54-36-48(30-34-62(54)79-63)75(46-26-19-42(20-27-46)70(4,5)6)47-28-21-43(22-29-47)71(7,8)9)37-52(58)50-31-32-51-53-38-55-49-15-13-14-16-61(49)78-64(55)40-59(53)76-66(51)65(50)73-68-67(76)57-35-44(72(10,11)12)23-33-60(57)77-68/h13-40,74H,1-12H3. The Morgan fingerprint density at radius 2 is 0.987 bits per heavy atom. The Kier molecular flexibility index (Phi) is 11.0. The summed E-state index contributed by atoms with van der Waals surface area (Å²) in [5, 5.41) is 12.7. The summed E-state index contributed by atoms with van der Waals surface area (Å²) in [5.41, 5.74) is 19.5. The van der Waals surface area contributed by atoms with E-state index in [9.17, 15) is 0 Å². The van der Waals surface area contributed by atoms with Gasteiger partial charge in [-0.3, -0.25) is 0 Å². The molecule has 1 aliphatic heterocycles. The fourth-order valence-electron chi connectivity index (χ4n) is 12.1. The van der Waals surface area contributed by atoms with Gasteiger partial charge >= 0.3 is 0 Å². The number of fused-ring (bicyclic) bond motifs is 13. The molecule has 0 atom stereocenters. The van der Waals surface area contributed by atoms with Crippen molar-refractivity contribution in [2.24, 2.45) is 0 Å². The molecule has 79 heavy (non-hydrogen) atoms. The molecular weight excluding hydrogens is 998 g/mol. The van der Waals surface area contributed by atoms with E-state index in [0.29, 0.717) is 0 Å². The van der Waals surface area contributed by atoms with Gasteiger partial charge in [-0.2, -0.15) is 0 Å². The molecule has 389 valence electrons. The lowest BCUT2D eigenvalue weighted by Crippen LogP contribution is -2.36. The molecule has 0 aliphatic carbocycles. The molecule has 0 unspecified atom stereocenters. The van der Waals surface area contributed by atoms with Gasteiger partial charge in [0.15, 0.2) is 0 Å². The molecule has 14 rings (SSSR count). The average Bonchev–Trinajstić information content (AvgIpc) is 4.38. The number of nitrogens with zero attached hydrogens (tertiary/aromatic N) is 2. The molecule has 0 saturated heterocycles. The van der Waals surface area contributed by atoms with E-state index < -0.39 is 0 Å². The second-order valence-corrected chi connectivity index (χ2v) is 28.4. The monoisotopic (exact) mass is 1060 g/mol. The zero-order chi connectivity index (χ0) is 54.7. The Morgan fingerprint density at radius 1 is 0.430 bits per heavy atom. The third-order valence-corrected chi connectivity index (χ3v) is 18.9. The molecule has 4 aromatic heterocycles. The predicted octanol–water partition coefficient (Wildman–Crippen LogP) is 20.3. The summed E-state index contributed by atoms with van der Waals surface area (Å²) in [5.74, 6) is 0. The van der Waals surface area contributed by atoms with Crippen molar-refractivity contribution in [3.05, 3.63) is 192 Å². The third kappa shape index (κ3) is 8.21. The van der Waals surface area contributed by atoms with Gasteiger partial charge in [0.2, 0.25) is 7.28 Å². The van der Waals surface area contributed by atoms with Crippen LogP contribution < -0.4 is 21.3 Å². The maximum Gasteiger partial charge on any atom is 0.247 e. The molecule has 4 nitrogen and oxygen atoms in total. The number of thiophene rings is 2. The molecule has 5 heterocycles. The molecule has 7 heteroatoms. The molecule has 1 radical (unpaired) electrons. The first-order chi connectivity index (χ1) is 37.6. The first kappa shape index (κ1) is 49.7. The number of furan rings is 1. The van der Waals surface area contributed by atoms with Crippen molar-refractivity contribution in [3.63, 3.8) is 0 Å². The Morgan fingerprint density at radius 3 is 1.63 bits per heavy atom. The van der Waals surface area contributed by atoms with Gasteiger partial charge < -0.3 is 19.2 Å². The van der Waals surface area contributed by atoms with E-state index in [1.807, 2.05) is 22.7 Å². The highest BCUT2D eigenvalue weighted by Crippen LogP contribution is 2.48. The summed E-state index contributed by atoms with van der Waals surface area (Å²) in [7, 11) is 2.34. The summed E-state index contributed by atoms with van der Waals surface area (Å²) in [6.45, 7) is 27.4. The normalized spacial score (nSPS) is 13.2.